The summed E-state index contributed by atoms with van der Waals surface area (Å²) in [6.07, 6.45) is 1.47. The second-order valence-electron chi connectivity index (χ2n) is 7.14. The van der Waals surface area contributed by atoms with Crippen LogP contribution in [0.3, 0.4) is 0 Å². The first kappa shape index (κ1) is 25.2. The molecule has 2 aromatic rings. The van der Waals surface area contributed by atoms with E-state index in [4.69, 9.17) is 14.2 Å². The monoisotopic (exact) mass is 505 g/mol. The fourth-order valence-corrected chi connectivity index (χ4v) is 3.53. The molecule has 0 radical (unpaired) electrons. The van der Waals surface area contributed by atoms with E-state index >= 15 is 0 Å². The average molecular weight is 506 g/mol. The van der Waals surface area contributed by atoms with Gasteiger partial charge in [0.05, 0.1) is 31.5 Å². The third-order valence-corrected chi connectivity index (χ3v) is 5.11. The molecule has 0 bridgehead atoms. The lowest BCUT2D eigenvalue weighted by Gasteiger charge is -2.18. The maximum absolute atomic E-state index is 12.7. The number of carbonyl (C=O) groups excluding carboxylic acids is 2. The van der Waals surface area contributed by atoms with E-state index in [-0.39, 0.29) is 5.92 Å². The Morgan fingerprint density at radius 3 is 2.34 bits per heavy atom. The normalized spacial score (nSPS) is 11.8. The number of halogens is 1. The van der Waals surface area contributed by atoms with Crippen LogP contribution < -0.4 is 25.0 Å². The second kappa shape index (κ2) is 12.1. The van der Waals surface area contributed by atoms with Crippen molar-refractivity contribution in [2.75, 3.05) is 26.1 Å². The number of methoxy groups -OCH3 is 2. The molecule has 8 nitrogen and oxygen atoms in total. The fraction of sp³-hybridized carbons (Fsp3) is 0.348. The molecule has 0 aliphatic carbocycles. The zero-order chi connectivity index (χ0) is 23.7. The van der Waals surface area contributed by atoms with Crippen molar-refractivity contribution in [2.45, 2.75) is 20.8 Å². The predicted molar refractivity (Wildman–Crippen MR) is 128 cm³/mol. The SMILES string of the molecule is CCOc1c(Br)cc(C=NNC(=O)C(C(=O)Nc2ccc(OC)cc2)C(C)C)cc1OC. The van der Waals surface area contributed by atoms with Crippen LogP contribution in [0.2, 0.25) is 0 Å². The van der Waals surface area contributed by atoms with Crippen molar-refractivity contribution in [1.82, 2.24) is 5.43 Å². The minimum atomic E-state index is -0.921. The maximum atomic E-state index is 12.7. The number of amides is 2. The number of anilines is 1. The van der Waals surface area contributed by atoms with Crippen molar-refractivity contribution >= 4 is 39.6 Å². The van der Waals surface area contributed by atoms with Crippen molar-refractivity contribution < 1.29 is 23.8 Å². The molecule has 172 valence electrons. The molecule has 0 saturated heterocycles. The largest absolute Gasteiger partial charge is 0.497 e. The predicted octanol–water partition coefficient (Wildman–Crippen LogP) is 4.23. The molecule has 2 amide bonds. The summed E-state index contributed by atoms with van der Waals surface area (Å²) in [7, 11) is 3.11. The molecular weight excluding hydrogens is 478 g/mol. The van der Waals surface area contributed by atoms with Crippen LogP contribution in [-0.2, 0) is 9.59 Å². The van der Waals surface area contributed by atoms with E-state index in [1.165, 1.54) is 6.21 Å². The van der Waals surface area contributed by atoms with Gasteiger partial charge in [0, 0.05) is 5.69 Å². The first-order chi connectivity index (χ1) is 15.3. The van der Waals surface area contributed by atoms with Crippen LogP contribution in [-0.4, -0.2) is 38.9 Å². The fourth-order valence-electron chi connectivity index (χ4n) is 2.96. The molecule has 0 aliphatic rings. The zero-order valence-electron chi connectivity index (χ0n) is 18.8. The summed E-state index contributed by atoms with van der Waals surface area (Å²) in [5.74, 6) is -0.270. The number of hydrogen-bond donors (Lipinski definition) is 2. The van der Waals surface area contributed by atoms with Gasteiger partial charge in [-0.1, -0.05) is 13.8 Å². The molecule has 1 unspecified atom stereocenters. The second-order valence-corrected chi connectivity index (χ2v) is 8.00. The summed E-state index contributed by atoms with van der Waals surface area (Å²) < 4.78 is 16.7. The molecule has 0 aliphatic heterocycles. The molecule has 2 N–H and O–H groups in total. The van der Waals surface area contributed by atoms with Gasteiger partial charge in [-0.05, 0) is 70.7 Å². The van der Waals surface area contributed by atoms with Crippen LogP contribution >= 0.6 is 15.9 Å². The number of hydrazone groups is 1. The molecule has 32 heavy (non-hydrogen) atoms. The van der Waals surface area contributed by atoms with Gasteiger partial charge in [-0.15, -0.1) is 0 Å². The lowest BCUT2D eigenvalue weighted by Crippen LogP contribution is -2.39. The standard InChI is InChI=1S/C23H28BrN3O5/c1-6-32-21-18(24)11-15(12-19(21)31-5)13-25-27-23(29)20(14(2)3)22(28)26-16-7-9-17(30-4)10-8-16/h7-14,20H,6H2,1-5H3,(H,26,28)(H,27,29). The van der Waals surface area contributed by atoms with Crippen molar-refractivity contribution in [3.05, 3.63) is 46.4 Å². The van der Waals surface area contributed by atoms with Crippen molar-refractivity contribution in [1.29, 1.82) is 0 Å². The van der Waals surface area contributed by atoms with Gasteiger partial charge >= 0.3 is 0 Å². The highest BCUT2D eigenvalue weighted by atomic mass is 79.9. The summed E-state index contributed by atoms with van der Waals surface area (Å²) in [4.78, 5) is 25.4. The van der Waals surface area contributed by atoms with Crippen LogP contribution in [0.4, 0.5) is 5.69 Å². The quantitative estimate of drug-likeness (QED) is 0.286. The van der Waals surface area contributed by atoms with Gasteiger partial charge < -0.3 is 19.5 Å². The number of carbonyl (C=O) groups is 2. The topological polar surface area (TPSA) is 98.2 Å². The first-order valence-corrected chi connectivity index (χ1v) is 10.9. The molecular formula is C23H28BrN3O5. The Balaban J connectivity index is 2.08. The van der Waals surface area contributed by atoms with Gasteiger partial charge in [0.15, 0.2) is 11.5 Å². The number of benzene rings is 2. The molecule has 2 aromatic carbocycles. The molecule has 0 aromatic heterocycles. The molecule has 0 saturated carbocycles. The Labute approximate surface area is 196 Å². The van der Waals surface area contributed by atoms with E-state index in [9.17, 15) is 9.59 Å². The van der Waals surface area contributed by atoms with Crippen LogP contribution in [0.5, 0.6) is 17.2 Å². The van der Waals surface area contributed by atoms with E-state index in [1.807, 2.05) is 6.92 Å². The molecule has 0 spiro atoms. The number of nitrogens with one attached hydrogen (secondary N) is 2. The van der Waals surface area contributed by atoms with E-state index < -0.39 is 17.7 Å². The molecule has 1 atom stereocenters. The van der Waals surface area contributed by atoms with E-state index in [1.54, 1.807) is 64.5 Å². The van der Waals surface area contributed by atoms with Gasteiger partial charge in [-0.2, -0.15) is 5.10 Å². The van der Waals surface area contributed by atoms with Crippen molar-refractivity contribution in [3.8, 4) is 17.2 Å². The third kappa shape index (κ3) is 6.71. The summed E-state index contributed by atoms with van der Waals surface area (Å²) in [6.45, 7) is 5.98. The summed E-state index contributed by atoms with van der Waals surface area (Å²) in [6, 6.07) is 10.4. The Morgan fingerprint density at radius 2 is 1.78 bits per heavy atom. The summed E-state index contributed by atoms with van der Waals surface area (Å²) in [5.41, 5.74) is 3.71. The number of hydrogen-bond acceptors (Lipinski definition) is 6. The van der Waals surface area contributed by atoms with Crippen LogP contribution in [0.25, 0.3) is 0 Å². The van der Waals surface area contributed by atoms with Crippen LogP contribution in [0.1, 0.15) is 26.3 Å². The minimum Gasteiger partial charge on any atom is -0.497 e. The van der Waals surface area contributed by atoms with Crippen LogP contribution in [0, 0.1) is 11.8 Å². The van der Waals surface area contributed by atoms with Gasteiger partial charge in [0.1, 0.15) is 11.7 Å². The lowest BCUT2D eigenvalue weighted by atomic mass is 9.94. The minimum absolute atomic E-state index is 0.233. The van der Waals surface area contributed by atoms with Crippen molar-refractivity contribution in [2.24, 2.45) is 16.9 Å². The molecule has 9 heteroatoms. The average Bonchev–Trinajstić information content (AvgIpc) is 2.75. The third-order valence-electron chi connectivity index (χ3n) is 4.52. The Morgan fingerprint density at radius 1 is 1.09 bits per heavy atom. The Hall–Kier alpha value is -3.07. The maximum Gasteiger partial charge on any atom is 0.252 e. The molecule has 2 rings (SSSR count). The highest BCUT2D eigenvalue weighted by Crippen LogP contribution is 2.36. The van der Waals surface area contributed by atoms with E-state index in [0.29, 0.717) is 39.6 Å². The molecule has 0 fully saturated rings. The van der Waals surface area contributed by atoms with Crippen LogP contribution in [0.15, 0.2) is 46.0 Å². The number of rotatable bonds is 10. The first-order valence-electron chi connectivity index (χ1n) is 10.1. The van der Waals surface area contributed by atoms with Gasteiger partial charge in [-0.25, -0.2) is 5.43 Å². The van der Waals surface area contributed by atoms with Gasteiger partial charge in [0.2, 0.25) is 5.91 Å². The smallest absolute Gasteiger partial charge is 0.252 e. The van der Waals surface area contributed by atoms with Crippen molar-refractivity contribution in [3.63, 3.8) is 0 Å². The highest BCUT2D eigenvalue weighted by molar-refractivity contribution is 9.10. The number of nitrogens with zero attached hydrogens (tertiary/aromatic N) is 1. The summed E-state index contributed by atoms with van der Waals surface area (Å²) in [5, 5.41) is 6.77. The lowest BCUT2D eigenvalue weighted by molar-refractivity contribution is -0.134. The Kier molecular flexibility index (Phi) is 9.52. The zero-order valence-corrected chi connectivity index (χ0v) is 20.4. The number of ether oxygens (including phenoxy) is 3. The van der Waals surface area contributed by atoms with E-state index in [2.05, 4.69) is 31.8 Å². The van der Waals surface area contributed by atoms with Gasteiger partial charge in [-0.3, -0.25) is 9.59 Å². The Bertz CT molecular complexity index is 961. The highest BCUT2D eigenvalue weighted by Gasteiger charge is 2.30. The van der Waals surface area contributed by atoms with Gasteiger partial charge in [0.25, 0.3) is 5.91 Å². The molecule has 0 heterocycles. The summed E-state index contributed by atoms with van der Waals surface area (Å²) >= 11 is 3.45. The van der Waals surface area contributed by atoms with E-state index in [0.717, 1.165) is 0 Å².